The van der Waals surface area contributed by atoms with Crippen LogP contribution in [0.4, 0.5) is 0 Å². The second-order valence-electron chi connectivity index (χ2n) is 5.29. The van der Waals surface area contributed by atoms with Crippen molar-refractivity contribution < 1.29 is 9.53 Å². The summed E-state index contributed by atoms with van der Waals surface area (Å²) in [5.41, 5.74) is 2.16. The molecule has 1 aromatic carbocycles. The topological polar surface area (TPSA) is 29.5 Å². The van der Waals surface area contributed by atoms with Crippen LogP contribution in [-0.4, -0.2) is 30.1 Å². The minimum absolute atomic E-state index is 0.164. The monoisotopic (exact) mass is 257 g/mol. The zero-order valence-corrected chi connectivity index (χ0v) is 11.2. The number of benzene rings is 1. The lowest BCUT2D eigenvalue weighted by molar-refractivity contribution is -0.137. The summed E-state index contributed by atoms with van der Waals surface area (Å²) in [5, 5.41) is 0. The van der Waals surface area contributed by atoms with Gasteiger partial charge in [-0.05, 0) is 24.8 Å². The highest BCUT2D eigenvalue weighted by Gasteiger charge is 2.40. The number of hydrogen-bond acceptors (Lipinski definition) is 3. The van der Waals surface area contributed by atoms with Gasteiger partial charge in [0.05, 0.1) is 12.7 Å². The molecule has 1 aromatic rings. The van der Waals surface area contributed by atoms with E-state index in [1.54, 1.807) is 0 Å². The zero-order valence-electron chi connectivity index (χ0n) is 11.2. The van der Waals surface area contributed by atoms with E-state index in [-0.39, 0.29) is 12.0 Å². The van der Waals surface area contributed by atoms with Crippen molar-refractivity contribution in [1.29, 1.82) is 0 Å². The molecule has 2 atom stereocenters. The lowest BCUT2D eigenvalue weighted by Crippen LogP contribution is -2.41. The number of ether oxygens (including phenoxy) is 1. The quantitative estimate of drug-likeness (QED) is 0.779. The van der Waals surface area contributed by atoms with E-state index in [1.807, 2.05) is 6.07 Å². The van der Waals surface area contributed by atoms with Crippen molar-refractivity contribution in [3.05, 3.63) is 47.5 Å². The van der Waals surface area contributed by atoms with E-state index in [9.17, 15) is 4.79 Å². The van der Waals surface area contributed by atoms with Crippen molar-refractivity contribution in [2.75, 3.05) is 7.11 Å². The number of methoxy groups -OCH3 is 1. The molecule has 2 bridgehead atoms. The van der Waals surface area contributed by atoms with Crippen molar-refractivity contribution in [2.24, 2.45) is 0 Å². The van der Waals surface area contributed by atoms with E-state index in [4.69, 9.17) is 4.74 Å². The Morgan fingerprint density at radius 3 is 2.84 bits per heavy atom. The Morgan fingerprint density at radius 2 is 2.11 bits per heavy atom. The molecule has 0 aliphatic carbocycles. The van der Waals surface area contributed by atoms with Gasteiger partial charge in [-0.15, -0.1) is 0 Å². The van der Waals surface area contributed by atoms with Gasteiger partial charge in [-0.25, -0.2) is 4.79 Å². The Hall–Kier alpha value is -1.61. The Balaban J connectivity index is 1.80. The van der Waals surface area contributed by atoms with Gasteiger partial charge < -0.3 is 4.74 Å². The Kier molecular flexibility index (Phi) is 3.38. The molecule has 2 aliphatic heterocycles. The van der Waals surface area contributed by atoms with Gasteiger partial charge in [0.2, 0.25) is 0 Å². The van der Waals surface area contributed by atoms with Crippen LogP contribution in [0, 0.1) is 0 Å². The smallest absolute Gasteiger partial charge is 0.335 e. The predicted molar refractivity (Wildman–Crippen MR) is 73.5 cm³/mol. The normalized spacial score (nSPS) is 26.1. The van der Waals surface area contributed by atoms with E-state index < -0.39 is 0 Å². The van der Waals surface area contributed by atoms with Crippen LogP contribution in [0.25, 0.3) is 0 Å². The molecule has 0 saturated carbocycles. The molecule has 0 aromatic heterocycles. The van der Waals surface area contributed by atoms with Gasteiger partial charge >= 0.3 is 5.97 Å². The second-order valence-corrected chi connectivity index (χ2v) is 5.29. The Labute approximate surface area is 113 Å². The van der Waals surface area contributed by atoms with Gasteiger partial charge in [-0.2, -0.15) is 0 Å². The number of hydrogen-bond donors (Lipinski definition) is 0. The first kappa shape index (κ1) is 12.4. The van der Waals surface area contributed by atoms with Crippen LogP contribution in [0.3, 0.4) is 0 Å². The van der Waals surface area contributed by atoms with Crippen LogP contribution in [0.2, 0.25) is 0 Å². The van der Waals surface area contributed by atoms with Crippen LogP contribution in [0.1, 0.15) is 24.8 Å². The molecule has 3 rings (SSSR count). The molecule has 0 amide bonds. The number of nitrogens with zero attached hydrogens (tertiary/aromatic N) is 1. The average molecular weight is 257 g/mol. The standard InChI is InChI=1S/C16H19NO2/c1-19-16(18)14-9-7-13-8-10-15(14)17(13)11-12-5-3-2-4-6-12/h2-6,9,13,15H,7-8,10-11H2,1H3/t13-,15-/m1/s1. The largest absolute Gasteiger partial charge is 0.466 e. The van der Waals surface area contributed by atoms with Crippen molar-refractivity contribution >= 4 is 5.97 Å². The van der Waals surface area contributed by atoms with Crippen LogP contribution in [0.5, 0.6) is 0 Å². The lowest BCUT2D eigenvalue weighted by Gasteiger charge is -2.34. The summed E-state index contributed by atoms with van der Waals surface area (Å²) in [4.78, 5) is 14.3. The summed E-state index contributed by atoms with van der Waals surface area (Å²) < 4.78 is 4.90. The summed E-state index contributed by atoms with van der Waals surface area (Å²) in [5.74, 6) is -0.164. The molecule has 2 heterocycles. The second kappa shape index (κ2) is 5.17. The number of carbonyl (C=O) groups excluding carboxylic acids is 1. The van der Waals surface area contributed by atoms with E-state index in [1.165, 1.54) is 19.1 Å². The van der Waals surface area contributed by atoms with Gasteiger partial charge in [0.1, 0.15) is 0 Å². The third-order valence-corrected chi connectivity index (χ3v) is 4.24. The minimum atomic E-state index is -0.164. The SMILES string of the molecule is COC(=O)C1=CC[C@@H]2CC[C@H]1N2Cc1ccccc1. The summed E-state index contributed by atoms with van der Waals surface area (Å²) in [6.07, 6.45) is 5.29. The highest BCUT2D eigenvalue weighted by Crippen LogP contribution is 2.37. The number of esters is 1. The molecule has 1 saturated heterocycles. The van der Waals surface area contributed by atoms with Gasteiger partial charge in [-0.3, -0.25) is 4.90 Å². The molecule has 0 unspecified atom stereocenters. The minimum Gasteiger partial charge on any atom is -0.466 e. The van der Waals surface area contributed by atoms with Crippen LogP contribution in [-0.2, 0) is 16.1 Å². The predicted octanol–water partition coefficient (Wildman–Crippen LogP) is 2.52. The van der Waals surface area contributed by atoms with Crippen LogP contribution >= 0.6 is 0 Å². The number of rotatable bonds is 3. The molecule has 100 valence electrons. The van der Waals surface area contributed by atoms with E-state index in [0.29, 0.717) is 6.04 Å². The third kappa shape index (κ3) is 2.30. The van der Waals surface area contributed by atoms with Crippen molar-refractivity contribution in [3.8, 4) is 0 Å². The molecular weight excluding hydrogens is 238 g/mol. The molecule has 3 nitrogen and oxygen atoms in total. The fourth-order valence-electron chi connectivity index (χ4n) is 3.29. The maximum absolute atomic E-state index is 11.8. The van der Waals surface area contributed by atoms with Gasteiger partial charge in [0, 0.05) is 18.6 Å². The first-order chi connectivity index (χ1) is 9.29. The summed E-state index contributed by atoms with van der Waals surface area (Å²) in [7, 11) is 1.46. The van der Waals surface area contributed by atoms with E-state index in [2.05, 4.69) is 35.2 Å². The van der Waals surface area contributed by atoms with Crippen molar-refractivity contribution in [1.82, 2.24) is 4.90 Å². The van der Waals surface area contributed by atoms with Crippen molar-refractivity contribution in [3.63, 3.8) is 0 Å². The molecule has 3 heteroatoms. The molecule has 0 N–H and O–H groups in total. The molecule has 19 heavy (non-hydrogen) atoms. The Morgan fingerprint density at radius 1 is 1.32 bits per heavy atom. The first-order valence-electron chi connectivity index (χ1n) is 6.87. The first-order valence-corrected chi connectivity index (χ1v) is 6.87. The molecule has 2 aliphatic rings. The molecule has 1 fully saturated rings. The van der Waals surface area contributed by atoms with Crippen molar-refractivity contribution in [2.45, 2.75) is 37.9 Å². The lowest BCUT2D eigenvalue weighted by atomic mass is 10.0. The maximum atomic E-state index is 11.8. The Bertz CT molecular complexity index is 495. The average Bonchev–Trinajstić information content (AvgIpc) is 2.71. The highest BCUT2D eigenvalue weighted by molar-refractivity contribution is 5.90. The van der Waals surface area contributed by atoms with Crippen LogP contribution in [0.15, 0.2) is 42.0 Å². The molecular formula is C16H19NO2. The third-order valence-electron chi connectivity index (χ3n) is 4.24. The molecule has 0 radical (unpaired) electrons. The highest BCUT2D eigenvalue weighted by atomic mass is 16.5. The summed E-state index contributed by atoms with van der Waals surface area (Å²) in [6.45, 7) is 0.921. The maximum Gasteiger partial charge on any atom is 0.335 e. The van der Waals surface area contributed by atoms with Gasteiger partial charge in [0.25, 0.3) is 0 Å². The zero-order chi connectivity index (χ0) is 13.2. The van der Waals surface area contributed by atoms with E-state index in [0.717, 1.165) is 25.0 Å². The summed E-state index contributed by atoms with van der Waals surface area (Å²) >= 11 is 0. The number of carbonyl (C=O) groups is 1. The van der Waals surface area contributed by atoms with Crippen LogP contribution < -0.4 is 0 Å². The fourth-order valence-corrected chi connectivity index (χ4v) is 3.29. The summed E-state index contributed by atoms with van der Waals surface area (Å²) in [6, 6.07) is 11.3. The van der Waals surface area contributed by atoms with Gasteiger partial charge in [-0.1, -0.05) is 36.4 Å². The number of fused-ring (bicyclic) bond motifs is 2. The van der Waals surface area contributed by atoms with Gasteiger partial charge in [0.15, 0.2) is 0 Å². The molecule has 0 spiro atoms. The van der Waals surface area contributed by atoms with E-state index >= 15 is 0 Å². The fraction of sp³-hybridized carbons (Fsp3) is 0.438.